The van der Waals surface area contributed by atoms with E-state index in [-0.39, 0.29) is 23.5 Å². The van der Waals surface area contributed by atoms with Crippen molar-refractivity contribution in [1.29, 1.82) is 0 Å². The molecule has 0 aromatic carbocycles. The van der Waals surface area contributed by atoms with E-state index in [0.29, 0.717) is 5.82 Å². The number of anilines is 3. The fourth-order valence-electron chi connectivity index (χ4n) is 4.73. The summed E-state index contributed by atoms with van der Waals surface area (Å²) >= 11 is 0. The molecule has 1 spiro atoms. The average Bonchev–Trinajstić information content (AvgIpc) is 3.44. The number of carbonyl (C=O) groups excluding carboxylic acids is 1. The number of pyridine rings is 1. The summed E-state index contributed by atoms with van der Waals surface area (Å²) in [7, 11) is 1.74. The molecule has 5 rings (SSSR count). The lowest BCUT2D eigenvalue weighted by molar-refractivity contribution is -0.114. The van der Waals surface area contributed by atoms with Crippen molar-refractivity contribution < 1.29 is 9.53 Å². The van der Waals surface area contributed by atoms with Gasteiger partial charge in [0.05, 0.1) is 5.69 Å². The first-order chi connectivity index (χ1) is 14.5. The lowest BCUT2D eigenvalue weighted by atomic mass is 9.97. The molecule has 8 heteroatoms. The van der Waals surface area contributed by atoms with Crippen LogP contribution in [-0.2, 0) is 14.9 Å². The van der Waals surface area contributed by atoms with Crippen LogP contribution in [0.25, 0.3) is 0 Å². The topological polar surface area (TPSA) is 92.3 Å². The lowest BCUT2D eigenvalue weighted by Crippen LogP contribution is -2.39. The first kappa shape index (κ1) is 19.4. The summed E-state index contributed by atoms with van der Waals surface area (Å²) in [6, 6.07) is 4.04. The fourth-order valence-corrected chi connectivity index (χ4v) is 4.73. The molecule has 30 heavy (non-hydrogen) atoms. The Morgan fingerprint density at radius 1 is 1.30 bits per heavy atom. The van der Waals surface area contributed by atoms with Gasteiger partial charge in [-0.25, -0.2) is 15.0 Å². The van der Waals surface area contributed by atoms with Crippen LogP contribution in [0.5, 0.6) is 0 Å². The molecule has 0 radical (unpaired) electrons. The van der Waals surface area contributed by atoms with E-state index in [2.05, 4.69) is 26.6 Å². The van der Waals surface area contributed by atoms with Crippen LogP contribution in [0.4, 0.5) is 17.3 Å². The largest absolute Gasteiger partial charge is 0.367 e. The monoisotopic (exact) mass is 408 g/mol. The van der Waals surface area contributed by atoms with Gasteiger partial charge in [-0.05, 0) is 32.6 Å². The van der Waals surface area contributed by atoms with E-state index in [1.165, 1.54) is 25.3 Å². The maximum absolute atomic E-state index is 11.5. The lowest BCUT2D eigenvalue weighted by Gasteiger charge is -2.29. The number of aryl methyl sites for hydroxylation is 1. The predicted molar refractivity (Wildman–Crippen MR) is 114 cm³/mol. The fraction of sp³-hybridized carbons (Fsp3) is 0.545. The van der Waals surface area contributed by atoms with Crippen LogP contribution < -0.4 is 15.5 Å². The normalized spacial score (nSPS) is 24.0. The molecule has 2 aromatic rings. The molecule has 8 nitrogen and oxygen atoms in total. The van der Waals surface area contributed by atoms with Crippen molar-refractivity contribution in [3.8, 4) is 0 Å². The summed E-state index contributed by atoms with van der Waals surface area (Å²) in [6.45, 7) is 5.25. The van der Waals surface area contributed by atoms with E-state index in [9.17, 15) is 4.79 Å². The number of fused-ring (bicyclic) bond motifs is 2. The van der Waals surface area contributed by atoms with Gasteiger partial charge in [-0.3, -0.25) is 10.1 Å². The molecule has 1 amide bonds. The van der Waals surface area contributed by atoms with Gasteiger partial charge in [0.15, 0.2) is 0 Å². The van der Waals surface area contributed by atoms with Crippen molar-refractivity contribution in [2.45, 2.75) is 57.1 Å². The molecule has 1 saturated carbocycles. The van der Waals surface area contributed by atoms with E-state index in [0.717, 1.165) is 49.0 Å². The minimum absolute atomic E-state index is 0.116. The van der Waals surface area contributed by atoms with E-state index in [4.69, 9.17) is 14.7 Å². The SMILES string of the molecule is COC1CCC(c2nc(C)cc(N3CC4(CC4)c4cnc(NC(C)=O)cc43)n2)CN1. The zero-order valence-electron chi connectivity index (χ0n) is 17.7. The highest BCUT2D eigenvalue weighted by atomic mass is 16.5. The smallest absolute Gasteiger partial charge is 0.222 e. The highest BCUT2D eigenvalue weighted by molar-refractivity contribution is 5.89. The molecule has 2 aliphatic heterocycles. The van der Waals surface area contributed by atoms with Crippen molar-refractivity contribution in [3.63, 3.8) is 0 Å². The zero-order chi connectivity index (χ0) is 20.9. The van der Waals surface area contributed by atoms with Crippen molar-refractivity contribution in [2.75, 3.05) is 30.4 Å². The van der Waals surface area contributed by atoms with Crippen LogP contribution in [0.1, 0.15) is 55.6 Å². The van der Waals surface area contributed by atoms with Crippen LogP contribution in [0, 0.1) is 6.92 Å². The second-order valence-electron chi connectivity index (χ2n) is 8.77. The maximum Gasteiger partial charge on any atom is 0.222 e. The Kier molecular flexibility index (Phi) is 4.71. The number of nitrogens with one attached hydrogen (secondary N) is 2. The van der Waals surface area contributed by atoms with Crippen LogP contribution in [0.2, 0.25) is 0 Å². The number of carbonyl (C=O) groups is 1. The molecular weight excluding hydrogens is 380 g/mol. The number of rotatable bonds is 4. The highest BCUT2D eigenvalue weighted by Crippen LogP contribution is 2.58. The summed E-state index contributed by atoms with van der Waals surface area (Å²) in [6.07, 6.45) is 6.34. The minimum Gasteiger partial charge on any atom is -0.367 e. The average molecular weight is 409 g/mol. The summed E-state index contributed by atoms with van der Waals surface area (Å²) in [4.78, 5) is 28.0. The van der Waals surface area contributed by atoms with E-state index >= 15 is 0 Å². The number of ether oxygens (including phenoxy) is 1. The van der Waals surface area contributed by atoms with E-state index < -0.39 is 0 Å². The van der Waals surface area contributed by atoms with Crippen molar-refractivity contribution in [2.24, 2.45) is 0 Å². The first-order valence-electron chi connectivity index (χ1n) is 10.6. The third-order valence-corrected chi connectivity index (χ3v) is 6.52. The Morgan fingerprint density at radius 2 is 2.13 bits per heavy atom. The van der Waals surface area contributed by atoms with Gasteiger partial charge in [-0.15, -0.1) is 0 Å². The maximum atomic E-state index is 11.5. The molecule has 2 fully saturated rings. The second-order valence-corrected chi connectivity index (χ2v) is 8.77. The van der Waals surface area contributed by atoms with E-state index in [1.807, 2.05) is 19.2 Å². The van der Waals surface area contributed by atoms with Crippen LogP contribution in [0.15, 0.2) is 18.3 Å². The summed E-state index contributed by atoms with van der Waals surface area (Å²) in [5.41, 5.74) is 3.50. The molecule has 2 atom stereocenters. The number of nitrogens with zero attached hydrogens (tertiary/aromatic N) is 4. The quantitative estimate of drug-likeness (QED) is 0.804. The molecule has 3 aliphatic rings. The molecule has 2 unspecified atom stereocenters. The Morgan fingerprint density at radius 3 is 2.80 bits per heavy atom. The van der Waals surface area contributed by atoms with Gasteiger partial charge in [0, 0.05) is 68.0 Å². The molecule has 2 aromatic heterocycles. The van der Waals surface area contributed by atoms with Gasteiger partial charge >= 0.3 is 0 Å². The number of aromatic nitrogens is 3. The number of hydrogen-bond acceptors (Lipinski definition) is 7. The minimum atomic E-state index is -0.118. The molecular formula is C22H28N6O2. The molecule has 1 saturated heterocycles. The molecule has 1 aliphatic carbocycles. The number of hydrogen-bond donors (Lipinski definition) is 2. The standard InChI is InChI=1S/C22H28N6O2/c1-13-8-19(27-21(25-13)15-4-5-20(30-3)24-10-15)28-12-22(6-7-22)16-11-23-18(9-17(16)28)26-14(2)29/h8-9,11,15,20,24H,4-7,10,12H2,1-3H3,(H,23,26,29). The first-order valence-corrected chi connectivity index (χ1v) is 10.6. The van der Waals surface area contributed by atoms with Crippen molar-refractivity contribution in [3.05, 3.63) is 35.4 Å². The second kappa shape index (κ2) is 7.28. The Bertz CT molecular complexity index is 982. The van der Waals surface area contributed by atoms with Crippen molar-refractivity contribution in [1.82, 2.24) is 20.3 Å². The predicted octanol–water partition coefficient (Wildman–Crippen LogP) is 2.76. The van der Waals surface area contributed by atoms with Crippen LogP contribution in [-0.4, -0.2) is 47.3 Å². The molecule has 4 heterocycles. The third-order valence-electron chi connectivity index (χ3n) is 6.52. The van der Waals surface area contributed by atoms with Gasteiger partial charge in [0.1, 0.15) is 23.7 Å². The number of methoxy groups -OCH3 is 1. The highest BCUT2D eigenvalue weighted by Gasteiger charge is 2.52. The van der Waals surface area contributed by atoms with Crippen molar-refractivity contribution >= 4 is 23.2 Å². The van der Waals surface area contributed by atoms with E-state index in [1.54, 1.807) is 7.11 Å². The Labute approximate surface area is 176 Å². The van der Waals surface area contributed by atoms with Gasteiger partial charge in [0.2, 0.25) is 5.91 Å². The number of amides is 1. The summed E-state index contributed by atoms with van der Waals surface area (Å²) in [5, 5.41) is 6.23. The zero-order valence-corrected chi connectivity index (χ0v) is 17.7. The molecule has 0 bridgehead atoms. The van der Waals surface area contributed by atoms with Gasteiger partial charge in [0.25, 0.3) is 0 Å². The summed E-state index contributed by atoms with van der Waals surface area (Å²) in [5.74, 6) is 2.56. The van der Waals surface area contributed by atoms with Gasteiger partial charge in [-0.1, -0.05) is 0 Å². The van der Waals surface area contributed by atoms with Gasteiger partial charge < -0.3 is 15.0 Å². The van der Waals surface area contributed by atoms with Crippen LogP contribution >= 0.6 is 0 Å². The number of piperidine rings is 1. The molecule has 2 N–H and O–H groups in total. The summed E-state index contributed by atoms with van der Waals surface area (Å²) < 4.78 is 5.42. The van der Waals surface area contributed by atoms with Gasteiger partial charge in [-0.2, -0.15) is 0 Å². The third kappa shape index (κ3) is 3.44. The molecule has 158 valence electrons. The van der Waals surface area contributed by atoms with Crippen LogP contribution in [0.3, 0.4) is 0 Å². The Balaban J connectivity index is 1.48. The Hall–Kier alpha value is -2.58.